The Kier molecular flexibility index (Phi) is 17.9. The molecule has 0 saturated heterocycles. The van der Waals surface area contributed by atoms with Gasteiger partial charge < -0.3 is 11.5 Å². The Hall–Kier alpha value is -0.0800. The van der Waals surface area contributed by atoms with Crippen molar-refractivity contribution >= 4 is 0 Å². The van der Waals surface area contributed by atoms with E-state index in [0.717, 1.165) is 6.42 Å². The minimum atomic E-state index is -0.100. The molecule has 0 radical (unpaired) electrons. The molecule has 0 saturated carbocycles. The second-order valence-corrected chi connectivity index (χ2v) is 6.76. The van der Waals surface area contributed by atoms with Gasteiger partial charge in [-0.15, -0.1) is 0 Å². The molecule has 0 bridgehead atoms. The molecule has 0 fully saturated rings. The molecule has 0 amide bonds. The zero-order valence-corrected chi connectivity index (χ0v) is 14.8. The third-order valence-corrected chi connectivity index (χ3v) is 4.39. The average Bonchev–Trinajstić information content (AvgIpc) is 2.46. The van der Waals surface area contributed by atoms with Crippen molar-refractivity contribution in [2.45, 2.75) is 122 Å². The topological polar surface area (TPSA) is 52.0 Å². The van der Waals surface area contributed by atoms with Gasteiger partial charge in [0, 0.05) is 0 Å². The third kappa shape index (κ3) is 19.9. The molecule has 0 aliphatic heterocycles. The lowest BCUT2D eigenvalue weighted by atomic mass is 10.0. The summed E-state index contributed by atoms with van der Waals surface area (Å²) in [7, 11) is 0. The average molecular weight is 299 g/mol. The van der Waals surface area contributed by atoms with Crippen LogP contribution in [0.25, 0.3) is 0 Å². The van der Waals surface area contributed by atoms with Gasteiger partial charge in [-0.05, 0) is 6.42 Å². The molecule has 0 unspecified atom stereocenters. The first-order valence-electron chi connectivity index (χ1n) is 9.78. The maximum atomic E-state index is 5.53. The highest BCUT2D eigenvalue weighted by molar-refractivity contribution is 4.53. The molecule has 0 atom stereocenters. The molecule has 0 aromatic carbocycles. The fourth-order valence-electron chi connectivity index (χ4n) is 2.93. The maximum Gasteiger partial charge on any atom is 0.0520 e. The van der Waals surface area contributed by atoms with Crippen LogP contribution < -0.4 is 11.5 Å². The summed E-state index contributed by atoms with van der Waals surface area (Å²) in [4.78, 5) is 0. The lowest BCUT2D eigenvalue weighted by Crippen LogP contribution is -2.29. The Bertz CT molecular complexity index is 180. The summed E-state index contributed by atoms with van der Waals surface area (Å²) in [5.41, 5.74) is 11.1. The van der Waals surface area contributed by atoms with Gasteiger partial charge in [0.2, 0.25) is 0 Å². The fourth-order valence-corrected chi connectivity index (χ4v) is 2.93. The van der Waals surface area contributed by atoms with Gasteiger partial charge in [0.05, 0.1) is 6.17 Å². The van der Waals surface area contributed by atoms with E-state index in [-0.39, 0.29) is 6.17 Å². The van der Waals surface area contributed by atoms with E-state index in [0.29, 0.717) is 0 Å². The molecule has 0 aromatic heterocycles. The molecular formula is C19H42N2. The molecule has 2 heteroatoms. The summed E-state index contributed by atoms with van der Waals surface area (Å²) in [6.45, 7) is 2.29. The molecule has 0 aliphatic rings. The van der Waals surface area contributed by atoms with Crippen LogP contribution in [-0.4, -0.2) is 6.17 Å². The van der Waals surface area contributed by atoms with Crippen LogP contribution in [0.5, 0.6) is 0 Å². The normalized spacial score (nSPS) is 11.4. The first-order valence-corrected chi connectivity index (χ1v) is 9.78. The predicted octanol–water partition coefficient (Wildman–Crippen LogP) is 5.88. The number of unbranched alkanes of at least 4 members (excludes halogenated alkanes) is 15. The second kappa shape index (κ2) is 18.0. The van der Waals surface area contributed by atoms with Crippen molar-refractivity contribution in [3.63, 3.8) is 0 Å². The van der Waals surface area contributed by atoms with Crippen LogP contribution in [-0.2, 0) is 0 Å². The molecule has 128 valence electrons. The molecule has 0 aromatic rings. The standard InChI is InChI=1S/C19H42N2/c1-2-3-4-5-6-7-8-9-10-11-12-13-14-15-16-17-18-19(20)21/h19H,2-18,20-21H2,1H3. The summed E-state index contributed by atoms with van der Waals surface area (Å²) in [5.74, 6) is 0. The van der Waals surface area contributed by atoms with Gasteiger partial charge in [-0.25, -0.2) is 0 Å². The van der Waals surface area contributed by atoms with Crippen LogP contribution in [0.4, 0.5) is 0 Å². The molecule has 0 rings (SSSR count). The molecule has 4 N–H and O–H groups in total. The highest BCUT2D eigenvalue weighted by Crippen LogP contribution is 2.13. The Labute approximate surface area is 134 Å². The zero-order chi connectivity index (χ0) is 15.6. The van der Waals surface area contributed by atoms with Crippen molar-refractivity contribution < 1.29 is 0 Å². The van der Waals surface area contributed by atoms with E-state index in [1.54, 1.807) is 0 Å². The van der Waals surface area contributed by atoms with Crippen molar-refractivity contribution in [3.05, 3.63) is 0 Å². The zero-order valence-electron chi connectivity index (χ0n) is 14.8. The lowest BCUT2D eigenvalue weighted by molar-refractivity contribution is 0.517. The van der Waals surface area contributed by atoms with Crippen molar-refractivity contribution in [2.75, 3.05) is 0 Å². The molecular weight excluding hydrogens is 256 g/mol. The van der Waals surface area contributed by atoms with Crippen LogP contribution in [0.1, 0.15) is 116 Å². The van der Waals surface area contributed by atoms with Crippen molar-refractivity contribution in [1.29, 1.82) is 0 Å². The second-order valence-electron chi connectivity index (χ2n) is 6.76. The van der Waals surface area contributed by atoms with E-state index in [2.05, 4.69) is 6.92 Å². The van der Waals surface area contributed by atoms with Crippen LogP contribution in [0.15, 0.2) is 0 Å². The van der Waals surface area contributed by atoms with Gasteiger partial charge in [0.25, 0.3) is 0 Å². The highest BCUT2D eigenvalue weighted by Gasteiger charge is 1.96. The van der Waals surface area contributed by atoms with Crippen LogP contribution >= 0.6 is 0 Å². The van der Waals surface area contributed by atoms with E-state index in [1.165, 1.54) is 103 Å². The molecule has 0 spiro atoms. The van der Waals surface area contributed by atoms with Crippen molar-refractivity contribution in [3.8, 4) is 0 Å². The highest BCUT2D eigenvalue weighted by atomic mass is 14.8. The van der Waals surface area contributed by atoms with Crippen LogP contribution in [0.2, 0.25) is 0 Å². The monoisotopic (exact) mass is 298 g/mol. The minimum Gasteiger partial charge on any atom is -0.316 e. The van der Waals surface area contributed by atoms with Crippen LogP contribution in [0, 0.1) is 0 Å². The largest absolute Gasteiger partial charge is 0.316 e. The smallest absolute Gasteiger partial charge is 0.0520 e. The first kappa shape index (κ1) is 20.9. The number of hydrogen-bond donors (Lipinski definition) is 2. The van der Waals surface area contributed by atoms with E-state index in [4.69, 9.17) is 11.5 Å². The Balaban J connectivity index is 2.93. The van der Waals surface area contributed by atoms with E-state index < -0.39 is 0 Å². The summed E-state index contributed by atoms with van der Waals surface area (Å²) >= 11 is 0. The number of hydrogen-bond acceptors (Lipinski definition) is 2. The first-order chi connectivity index (χ1) is 10.3. The summed E-state index contributed by atoms with van der Waals surface area (Å²) in [5, 5.41) is 0. The summed E-state index contributed by atoms with van der Waals surface area (Å²) in [6, 6.07) is 0. The van der Waals surface area contributed by atoms with E-state index >= 15 is 0 Å². The number of nitrogens with two attached hydrogens (primary N) is 2. The van der Waals surface area contributed by atoms with E-state index in [9.17, 15) is 0 Å². The quantitative estimate of drug-likeness (QED) is 0.260. The van der Waals surface area contributed by atoms with Gasteiger partial charge in [0.1, 0.15) is 0 Å². The molecule has 0 aliphatic carbocycles. The van der Waals surface area contributed by atoms with Gasteiger partial charge in [-0.3, -0.25) is 0 Å². The van der Waals surface area contributed by atoms with Gasteiger partial charge >= 0.3 is 0 Å². The Morgan fingerprint density at radius 1 is 0.476 bits per heavy atom. The Morgan fingerprint density at radius 2 is 0.762 bits per heavy atom. The van der Waals surface area contributed by atoms with Gasteiger partial charge in [-0.2, -0.15) is 0 Å². The maximum absolute atomic E-state index is 5.53. The summed E-state index contributed by atoms with van der Waals surface area (Å²) < 4.78 is 0. The molecule has 2 nitrogen and oxygen atoms in total. The lowest BCUT2D eigenvalue weighted by Gasteiger charge is -2.05. The van der Waals surface area contributed by atoms with Gasteiger partial charge in [-0.1, -0.05) is 110 Å². The Morgan fingerprint density at radius 3 is 1.05 bits per heavy atom. The van der Waals surface area contributed by atoms with Gasteiger partial charge in [0.15, 0.2) is 0 Å². The minimum absolute atomic E-state index is 0.100. The molecule has 21 heavy (non-hydrogen) atoms. The van der Waals surface area contributed by atoms with Crippen molar-refractivity contribution in [1.82, 2.24) is 0 Å². The number of rotatable bonds is 17. The third-order valence-electron chi connectivity index (χ3n) is 4.39. The van der Waals surface area contributed by atoms with Crippen LogP contribution in [0.3, 0.4) is 0 Å². The molecule has 0 heterocycles. The predicted molar refractivity (Wildman–Crippen MR) is 96.3 cm³/mol. The SMILES string of the molecule is CCCCCCCCCCCCCCCCCCC(N)N. The summed E-state index contributed by atoms with van der Waals surface area (Å²) in [6.07, 6.45) is 23.5. The van der Waals surface area contributed by atoms with E-state index in [1.807, 2.05) is 0 Å². The van der Waals surface area contributed by atoms with Crippen molar-refractivity contribution in [2.24, 2.45) is 11.5 Å². The fraction of sp³-hybridized carbons (Fsp3) is 1.00.